The zero-order valence-corrected chi connectivity index (χ0v) is 6.29. The average Bonchev–Trinajstić information content (AvgIpc) is 2.12. The van der Waals surface area contributed by atoms with Crippen LogP contribution in [0.2, 0.25) is 0 Å². The highest BCUT2D eigenvalue weighted by Crippen LogP contribution is 2.00. The smallest absolute Gasteiger partial charge is 0.189 e. The molecule has 0 aromatic carbocycles. The fraction of sp³-hybridized carbons (Fsp3) is 0.833. The van der Waals surface area contributed by atoms with E-state index < -0.39 is 37.3 Å². The van der Waals surface area contributed by atoms with Crippen molar-refractivity contribution < 1.29 is 30.3 Å². The topological polar surface area (TPSA) is 118 Å². The van der Waals surface area contributed by atoms with Crippen molar-refractivity contribution in [1.82, 2.24) is 0 Å². The molecule has 0 saturated carbocycles. The Bertz CT molecular complexity index is 147. The van der Waals surface area contributed by atoms with Gasteiger partial charge in [0.05, 0.1) is 6.61 Å². The molecule has 0 spiro atoms. The Morgan fingerprint density at radius 3 is 2.00 bits per heavy atom. The van der Waals surface area contributed by atoms with Crippen LogP contribution in [0.15, 0.2) is 0 Å². The van der Waals surface area contributed by atoms with Crippen molar-refractivity contribution in [3.63, 3.8) is 0 Å². The average molecular weight is 181 g/mol. The molecule has 0 radical (unpaired) electrons. The molecule has 0 aliphatic carbocycles. The highest BCUT2D eigenvalue weighted by Gasteiger charge is 2.28. The van der Waals surface area contributed by atoms with Crippen LogP contribution in [0.5, 0.6) is 0 Å². The normalized spacial score (nSPS) is 18.4. The summed E-state index contributed by atoms with van der Waals surface area (Å²) in [6.45, 7) is -1.69. The predicted octanol–water partition coefficient (Wildman–Crippen LogP) is -3.38. The Morgan fingerprint density at radius 2 is 1.67 bits per heavy atom. The van der Waals surface area contributed by atoms with Crippen LogP contribution in [0.3, 0.4) is 0 Å². The lowest BCUT2D eigenvalue weighted by Crippen LogP contribution is -2.44. The molecule has 0 aromatic rings. The van der Waals surface area contributed by atoms with Crippen molar-refractivity contribution in [2.75, 3.05) is 13.2 Å². The third-order valence-electron chi connectivity index (χ3n) is 1.39. The summed E-state index contributed by atoms with van der Waals surface area (Å²) in [5, 5.41) is 43.1. The van der Waals surface area contributed by atoms with Crippen molar-refractivity contribution in [3.8, 4) is 0 Å². The molecule has 0 rings (SSSR count). The standard InChI is InChI=1S/C6H12O6/c7-1-3(9)5(11)6(12)4(10)2-8/h3,5-9,11-12H,1-2H2/t3-,5-,6-/m1/s1/i5+1. The first-order valence-electron chi connectivity index (χ1n) is 3.33. The van der Waals surface area contributed by atoms with Crippen LogP contribution in [0.25, 0.3) is 0 Å². The summed E-state index contributed by atoms with van der Waals surface area (Å²) in [4.78, 5) is 10.5. The van der Waals surface area contributed by atoms with E-state index in [1.54, 1.807) is 0 Å². The summed E-state index contributed by atoms with van der Waals surface area (Å²) in [6.07, 6.45) is -5.22. The number of hydrogen-bond acceptors (Lipinski definition) is 6. The predicted molar refractivity (Wildman–Crippen MR) is 37.2 cm³/mol. The van der Waals surface area contributed by atoms with Gasteiger partial charge in [-0.2, -0.15) is 0 Å². The number of carbonyl (C=O) groups is 1. The second-order valence-electron chi connectivity index (χ2n) is 2.31. The van der Waals surface area contributed by atoms with Gasteiger partial charge in [-0.05, 0) is 0 Å². The minimum Gasteiger partial charge on any atom is -0.394 e. The molecule has 0 fully saturated rings. The van der Waals surface area contributed by atoms with E-state index in [9.17, 15) is 4.79 Å². The van der Waals surface area contributed by atoms with E-state index in [0.717, 1.165) is 0 Å². The highest BCUT2D eigenvalue weighted by atomic mass is 16.4. The maximum Gasteiger partial charge on any atom is 0.189 e. The molecule has 0 aliphatic rings. The zero-order chi connectivity index (χ0) is 9.72. The Labute approximate surface area is 68.7 Å². The molecule has 3 atom stereocenters. The first kappa shape index (κ1) is 11.5. The van der Waals surface area contributed by atoms with Gasteiger partial charge in [0.1, 0.15) is 24.9 Å². The van der Waals surface area contributed by atoms with Gasteiger partial charge in [-0.15, -0.1) is 0 Å². The molecule has 0 bridgehead atoms. The maximum absolute atomic E-state index is 10.5. The Morgan fingerprint density at radius 1 is 1.17 bits per heavy atom. The summed E-state index contributed by atoms with van der Waals surface area (Å²) < 4.78 is 0. The second kappa shape index (κ2) is 5.18. The van der Waals surface area contributed by atoms with Crippen LogP contribution in [-0.2, 0) is 4.79 Å². The number of ketones is 1. The van der Waals surface area contributed by atoms with Gasteiger partial charge in [0.2, 0.25) is 0 Å². The third kappa shape index (κ3) is 2.84. The van der Waals surface area contributed by atoms with Gasteiger partial charge in [-0.1, -0.05) is 0 Å². The Balaban J connectivity index is 4.08. The van der Waals surface area contributed by atoms with Gasteiger partial charge in [-0.3, -0.25) is 4.79 Å². The Kier molecular flexibility index (Phi) is 4.95. The van der Waals surface area contributed by atoms with Gasteiger partial charge in [-0.25, -0.2) is 0 Å². The largest absolute Gasteiger partial charge is 0.394 e. The molecule has 5 N–H and O–H groups in total. The summed E-state index contributed by atoms with van der Waals surface area (Å²) in [5.41, 5.74) is 0. The van der Waals surface area contributed by atoms with E-state index in [2.05, 4.69) is 0 Å². The van der Waals surface area contributed by atoms with E-state index in [4.69, 9.17) is 25.5 Å². The van der Waals surface area contributed by atoms with Gasteiger partial charge in [0.15, 0.2) is 5.78 Å². The number of aliphatic hydroxyl groups excluding tert-OH is 5. The van der Waals surface area contributed by atoms with Crippen LogP contribution in [-0.4, -0.2) is 62.8 Å². The van der Waals surface area contributed by atoms with Crippen LogP contribution >= 0.6 is 0 Å². The SMILES string of the molecule is O=C(CO)[C@@H](O)[13C@H](O)[C@H](O)CO. The molecule has 6 heteroatoms. The third-order valence-corrected chi connectivity index (χ3v) is 1.39. The van der Waals surface area contributed by atoms with Gasteiger partial charge >= 0.3 is 0 Å². The molecule has 72 valence electrons. The molecule has 12 heavy (non-hydrogen) atoms. The minimum atomic E-state index is -1.86. The van der Waals surface area contributed by atoms with Crippen LogP contribution in [0.1, 0.15) is 0 Å². The summed E-state index contributed by atoms with van der Waals surface area (Å²) in [6, 6.07) is 0. The Hall–Kier alpha value is -0.530. The number of rotatable bonds is 5. The van der Waals surface area contributed by atoms with Gasteiger partial charge in [0, 0.05) is 0 Å². The van der Waals surface area contributed by atoms with E-state index in [0.29, 0.717) is 0 Å². The quantitative estimate of drug-likeness (QED) is 0.282. The fourth-order valence-electron chi connectivity index (χ4n) is 0.602. The molecule has 0 saturated heterocycles. The van der Waals surface area contributed by atoms with Crippen LogP contribution < -0.4 is 0 Å². The minimum absolute atomic E-state index is 0.767. The van der Waals surface area contributed by atoms with E-state index in [1.165, 1.54) is 0 Å². The summed E-state index contributed by atoms with van der Waals surface area (Å²) in [5.74, 6) is -1.00. The first-order chi connectivity index (χ1) is 5.54. The van der Waals surface area contributed by atoms with E-state index >= 15 is 0 Å². The summed E-state index contributed by atoms with van der Waals surface area (Å²) in [7, 11) is 0. The zero-order valence-electron chi connectivity index (χ0n) is 6.29. The second-order valence-corrected chi connectivity index (χ2v) is 2.31. The lowest BCUT2D eigenvalue weighted by atomic mass is 10.2. The molecule has 0 aliphatic heterocycles. The van der Waals surface area contributed by atoms with Crippen LogP contribution in [0.4, 0.5) is 0 Å². The van der Waals surface area contributed by atoms with Crippen molar-refractivity contribution in [3.05, 3.63) is 0 Å². The number of carbonyl (C=O) groups excluding carboxylic acids is 1. The fourth-order valence-corrected chi connectivity index (χ4v) is 0.602. The van der Waals surface area contributed by atoms with Crippen LogP contribution in [0, 0.1) is 0 Å². The molecule has 6 nitrogen and oxygen atoms in total. The summed E-state index contributed by atoms with van der Waals surface area (Å²) >= 11 is 0. The molecule has 0 amide bonds. The van der Waals surface area contributed by atoms with Gasteiger partial charge in [0.25, 0.3) is 0 Å². The molecule has 0 heterocycles. The lowest BCUT2D eigenvalue weighted by Gasteiger charge is -2.19. The highest BCUT2D eigenvalue weighted by molar-refractivity contribution is 5.84. The monoisotopic (exact) mass is 181 g/mol. The van der Waals surface area contributed by atoms with E-state index in [1.807, 2.05) is 0 Å². The van der Waals surface area contributed by atoms with Gasteiger partial charge < -0.3 is 25.5 Å². The molecular weight excluding hydrogens is 169 g/mol. The van der Waals surface area contributed by atoms with Crippen molar-refractivity contribution in [1.29, 1.82) is 0 Å². The number of hydrogen-bond donors (Lipinski definition) is 5. The molecule has 0 unspecified atom stereocenters. The van der Waals surface area contributed by atoms with E-state index in [-0.39, 0.29) is 0 Å². The van der Waals surface area contributed by atoms with Crippen molar-refractivity contribution in [2.24, 2.45) is 0 Å². The van der Waals surface area contributed by atoms with Crippen molar-refractivity contribution >= 4 is 5.78 Å². The van der Waals surface area contributed by atoms with Crippen molar-refractivity contribution in [2.45, 2.75) is 18.3 Å². The maximum atomic E-state index is 10.5. The first-order valence-corrected chi connectivity index (χ1v) is 3.33. The number of Topliss-reactive ketones (excluding diaryl/α,β-unsaturated/α-hetero) is 1. The number of aliphatic hydroxyl groups is 5. The molecular formula is C6H12O6. The lowest BCUT2D eigenvalue weighted by molar-refractivity contribution is -0.142. The molecule has 0 aromatic heterocycles.